The van der Waals surface area contributed by atoms with Crippen molar-refractivity contribution in [1.29, 1.82) is 0 Å². The van der Waals surface area contributed by atoms with Crippen LogP contribution in [0, 0.1) is 0 Å². The van der Waals surface area contributed by atoms with Gasteiger partial charge in [-0.05, 0) is 24.3 Å². The summed E-state index contributed by atoms with van der Waals surface area (Å²) in [6, 6.07) is 7.84. The first-order chi connectivity index (χ1) is 5.88. The fourth-order valence-electron chi connectivity index (χ4n) is 1.16. The van der Waals surface area contributed by atoms with Crippen LogP contribution in [-0.4, -0.2) is 18.4 Å². The maximum Gasteiger partial charge on any atom is 0.0684 e. The molecule has 0 atom stereocenters. The highest BCUT2D eigenvalue weighted by Crippen LogP contribution is 2.08. The van der Waals surface area contributed by atoms with Crippen molar-refractivity contribution >= 4 is 6.72 Å². The number of nitrogens with zero attached hydrogens (tertiary/aromatic N) is 1. The van der Waals surface area contributed by atoms with Crippen LogP contribution in [0.25, 0.3) is 0 Å². The summed E-state index contributed by atoms with van der Waals surface area (Å²) in [7, 11) is 0. The van der Waals surface area contributed by atoms with E-state index in [0.717, 1.165) is 24.1 Å². The smallest absolute Gasteiger partial charge is 0.0684 e. The van der Waals surface area contributed by atoms with Crippen LogP contribution in [-0.2, 0) is 13.0 Å². The molecule has 1 rings (SSSR count). The lowest BCUT2D eigenvalue weighted by atomic mass is 10.1. The Bertz CT molecular complexity index is 258. The number of hydrogen-bond acceptors (Lipinski definition) is 2. The van der Waals surface area contributed by atoms with E-state index in [-0.39, 0.29) is 6.61 Å². The minimum absolute atomic E-state index is 0.104. The van der Waals surface area contributed by atoms with Crippen molar-refractivity contribution in [2.45, 2.75) is 13.0 Å². The Balaban J connectivity index is 2.74. The summed E-state index contributed by atoms with van der Waals surface area (Å²) in [5.74, 6) is 0. The van der Waals surface area contributed by atoms with E-state index in [1.807, 2.05) is 24.3 Å². The number of aliphatic hydroxyl groups excluding tert-OH is 1. The maximum atomic E-state index is 8.97. The highest BCUT2D eigenvalue weighted by molar-refractivity contribution is 5.28. The zero-order chi connectivity index (χ0) is 8.81. The number of aliphatic imine (C=N–C) groups is 1. The van der Waals surface area contributed by atoms with Crippen molar-refractivity contribution in [1.82, 2.24) is 0 Å². The van der Waals surface area contributed by atoms with Gasteiger partial charge in [0.2, 0.25) is 0 Å². The number of hydrogen-bond donors (Lipinski definition) is 1. The van der Waals surface area contributed by atoms with Crippen molar-refractivity contribution in [2.75, 3.05) is 6.54 Å². The first kappa shape index (κ1) is 8.94. The van der Waals surface area contributed by atoms with Crippen LogP contribution in [0.3, 0.4) is 0 Å². The molecule has 0 saturated heterocycles. The van der Waals surface area contributed by atoms with E-state index < -0.39 is 0 Å². The second-order valence-corrected chi connectivity index (χ2v) is 2.62. The third-order valence-electron chi connectivity index (χ3n) is 1.83. The topological polar surface area (TPSA) is 32.6 Å². The Morgan fingerprint density at radius 2 is 1.92 bits per heavy atom. The van der Waals surface area contributed by atoms with Gasteiger partial charge < -0.3 is 10.1 Å². The lowest BCUT2D eigenvalue weighted by Crippen LogP contribution is -1.95. The molecule has 1 aromatic rings. The van der Waals surface area contributed by atoms with Gasteiger partial charge in [0.25, 0.3) is 0 Å². The van der Waals surface area contributed by atoms with E-state index in [2.05, 4.69) is 11.7 Å². The fraction of sp³-hybridized carbons (Fsp3) is 0.300. The number of aliphatic hydroxyl groups is 1. The summed E-state index contributed by atoms with van der Waals surface area (Å²) in [5.41, 5.74) is 2.15. The Morgan fingerprint density at radius 1 is 1.25 bits per heavy atom. The summed E-state index contributed by atoms with van der Waals surface area (Å²) in [4.78, 5) is 3.77. The summed E-state index contributed by atoms with van der Waals surface area (Å²) >= 11 is 0. The lowest BCUT2D eigenvalue weighted by molar-refractivity contribution is 0.280. The van der Waals surface area contributed by atoms with E-state index in [9.17, 15) is 0 Å². The third-order valence-corrected chi connectivity index (χ3v) is 1.83. The van der Waals surface area contributed by atoms with Crippen molar-refractivity contribution in [2.24, 2.45) is 4.99 Å². The molecule has 12 heavy (non-hydrogen) atoms. The molecular formula is C10H13NO. The van der Waals surface area contributed by atoms with Gasteiger partial charge in [-0.25, -0.2) is 0 Å². The summed E-state index contributed by atoms with van der Waals surface area (Å²) < 4.78 is 0. The summed E-state index contributed by atoms with van der Waals surface area (Å²) in [6.45, 7) is 4.24. The Kier molecular flexibility index (Phi) is 3.48. The molecule has 0 radical (unpaired) electrons. The molecule has 0 unspecified atom stereocenters. The monoisotopic (exact) mass is 163 g/mol. The minimum Gasteiger partial charge on any atom is -0.392 e. The van der Waals surface area contributed by atoms with Gasteiger partial charge in [-0.2, -0.15) is 0 Å². The van der Waals surface area contributed by atoms with Gasteiger partial charge in [0.1, 0.15) is 0 Å². The van der Waals surface area contributed by atoms with Gasteiger partial charge in [0, 0.05) is 6.54 Å². The van der Waals surface area contributed by atoms with Gasteiger partial charge >= 0.3 is 0 Å². The van der Waals surface area contributed by atoms with Gasteiger partial charge in [-0.3, -0.25) is 0 Å². The molecule has 0 aliphatic rings. The van der Waals surface area contributed by atoms with E-state index in [4.69, 9.17) is 5.11 Å². The molecule has 2 nitrogen and oxygen atoms in total. The second kappa shape index (κ2) is 4.67. The number of benzene rings is 1. The second-order valence-electron chi connectivity index (χ2n) is 2.62. The Labute approximate surface area is 72.6 Å². The first-order valence-corrected chi connectivity index (χ1v) is 3.98. The van der Waals surface area contributed by atoms with Crippen LogP contribution in [0.5, 0.6) is 0 Å². The molecule has 0 aliphatic heterocycles. The van der Waals surface area contributed by atoms with E-state index in [0.29, 0.717) is 0 Å². The van der Waals surface area contributed by atoms with Crippen LogP contribution in [0.2, 0.25) is 0 Å². The van der Waals surface area contributed by atoms with Crippen LogP contribution in [0.15, 0.2) is 29.3 Å². The van der Waals surface area contributed by atoms with E-state index in [1.165, 1.54) is 0 Å². The van der Waals surface area contributed by atoms with Crippen LogP contribution < -0.4 is 0 Å². The molecule has 0 amide bonds. The maximum absolute atomic E-state index is 8.97. The van der Waals surface area contributed by atoms with Crippen molar-refractivity contribution in [3.05, 3.63) is 35.4 Å². The zero-order valence-electron chi connectivity index (χ0n) is 7.03. The molecule has 1 aromatic carbocycles. The molecule has 0 aliphatic carbocycles. The van der Waals surface area contributed by atoms with Crippen LogP contribution in [0.4, 0.5) is 0 Å². The average molecular weight is 163 g/mol. The van der Waals surface area contributed by atoms with E-state index in [1.54, 1.807) is 0 Å². The molecule has 0 bridgehead atoms. The molecule has 0 fully saturated rings. The number of rotatable bonds is 4. The van der Waals surface area contributed by atoms with Crippen molar-refractivity contribution in [3.8, 4) is 0 Å². The molecule has 64 valence electrons. The van der Waals surface area contributed by atoms with Crippen molar-refractivity contribution in [3.63, 3.8) is 0 Å². The molecule has 2 heteroatoms. The van der Waals surface area contributed by atoms with Gasteiger partial charge in [-0.1, -0.05) is 24.3 Å². The standard InChI is InChI=1S/C10H13NO/c1-11-7-6-9-4-2-3-5-10(9)8-12/h2-5,12H,1,6-8H2. The van der Waals surface area contributed by atoms with Crippen molar-refractivity contribution < 1.29 is 5.11 Å². The fourth-order valence-corrected chi connectivity index (χ4v) is 1.16. The highest BCUT2D eigenvalue weighted by atomic mass is 16.3. The molecule has 0 heterocycles. The quantitative estimate of drug-likeness (QED) is 0.669. The first-order valence-electron chi connectivity index (χ1n) is 3.98. The van der Waals surface area contributed by atoms with Crippen LogP contribution >= 0.6 is 0 Å². The molecule has 0 saturated carbocycles. The Hall–Kier alpha value is -1.15. The molecular weight excluding hydrogens is 150 g/mol. The Morgan fingerprint density at radius 3 is 2.50 bits per heavy atom. The average Bonchev–Trinajstić information content (AvgIpc) is 2.15. The molecule has 0 aromatic heterocycles. The SMILES string of the molecule is C=NCCc1ccccc1CO. The summed E-state index contributed by atoms with van der Waals surface area (Å²) in [6.07, 6.45) is 0.861. The van der Waals surface area contributed by atoms with E-state index >= 15 is 0 Å². The normalized spacial score (nSPS) is 9.75. The lowest BCUT2D eigenvalue weighted by Gasteiger charge is -2.04. The predicted octanol–water partition coefficient (Wildman–Crippen LogP) is 1.42. The van der Waals surface area contributed by atoms with Crippen LogP contribution in [0.1, 0.15) is 11.1 Å². The third kappa shape index (κ3) is 2.17. The van der Waals surface area contributed by atoms with Gasteiger partial charge in [0.05, 0.1) is 6.61 Å². The predicted molar refractivity (Wildman–Crippen MR) is 50.5 cm³/mol. The summed E-state index contributed by atoms with van der Waals surface area (Å²) in [5, 5.41) is 8.97. The minimum atomic E-state index is 0.104. The van der Waals surface area contributed by atoms with Gasteiger partial charge in [-0.15, -0.1) is 0 Å². The zero-order valence-corrected chi connectivity index (χ0v) is 7.03. The largest absolute Gasteiger partial charge is 0.392 e. The molecule has 1 N–H and O–H groups in total. The molecule has 0 spiro atoms. The highest BCUT2D eigenvalue weighted by Gasteiger charge is 1.98. The van der Waals surface area contributed by atoms with Gasteiger partial charge in [0.15, 0.2) is 0 Å².